The number of carboxylic acids is 1. The van der Waals surface area contributed by atoms with E-state index in [0.717, 1.165) is 25.1 Å². The first-order chi connectivity index (χ1) is 8.58. The van der Waals surface area contributed by atoms with E-state index < -0.39 is 5.97 Å². The Morgan fingerprint density at radius 3 is 2.56 bits per heavy atom. The highest BCUT2D eigenvalue weighted by atomic mass is 16.4. The zero-order valence-electron chi connectivity index (χ0n) is 11.5. The van der Waals surface area contributed by atoms with Gasteiger partial charge in [-0.2, -0.15) is 0 Å². The average Bonchev–Trinajstić information content (AvgIpc) is 2.38. The Balaban J connectivity index is 2.78. The number of aromatic carboxylic acids is 1. The van der Waals surface area contributed by atoms with Gasteiger partial charge in [0.2, 0.25) is 0 Å². The van der Waals surface area contributed by atoms with E-state index in [1.165, 1.54) is 0 Å². The van der Waals surface area contributed by atoms with Crippen LogP contribution in [0.5, 0.6) is 0 Å². The molecule has 0 bridgehead atoms. The van der Waals surface area contributed by atoms with Gasteiger partial charge >= 0.3 is 5.97 Å². The molecule has 0 heterocycles. The van der Waals surface area contributed by atoms with Crippen molar-refractivity contribution in [2.75, 3.05) is 13.1 Å². The van der Waals surface area contributed by atoms with Crippen LogP contribution in [0, 0.1) is 5.92 Å². The molecule has 1 aromatic rings. The molecule has 18 heavy (non-hydrogen) atoms. The fourth-order valence-electron chi connectivity index (χ4n) is 1.98. The molecule has 1 aromatic carbocycles. The van der Waals surface area contributed by atoms with Crippen molar-refractivity contribution in [3.8, 4) is 0 Å². The molecule has 0 saturated carbocycles. The predicted octanol–water partition coefficient (Wildman–Crippen LogP) is 3.25. The summed E-state index contributed by atoms with van der Waals surface area (Å²) in [6.07, 6.45) is 1.15. The first kappa shape index (κ1) is 14.7. The molecule has 0 radical (unpaired) electrons. The molecule has 3 nitrogen and oxygen atoms in total. The average molecular weight is 249 g/mol. The van der Waals surface area contributed by atoms with Crippen LogP contribution in [0.4, 0.5) is 0 Å². The topological polar surface area (TPSA) is 40.5 Å². The molecule has 0 spiro atoms. The minimum atomic E-state index is -0.842. The number of carbonyl (C=O) groups is 1. The minimum Gasteiger partial charge on any atom is -0.478 e. The molecule has 3 heteroatoms. The number of hydrogen-bond donors (Lipinski definition) is 1. The van der Waals surface area contributed by atoms with Crippen molar-refractivity contribution in [3.05, 3.63) is 35.4 Å². The number of hydrogen-bond acceptors (Lipinski definition) is 2. The molecule has 0 aliphatic rings. The van der Waals surface area contributed by atoms with Gasteiger partial charge in [0, 0.05) is 13.1 Å². The van der Waals surface area contributed by atoms with Crippen LogP contribution in [0.3, 0.4) is 0 Å². The van der Waals surface area contributed by atoms with E-state index in [1.807, 2.05) is 12.1 Å². The molecule has 0 fully saturated rings. The highest BCUT2D eigenvalue weighted by molar-refractivity contribution is 5.89. The lowest BCUT2D eigenvalue weighted by atomic mass is 10.1. The summed E-state index contributed by atoms with van der Waals surface area (Å²) in [6, 6.07) is 7.26. The van der Waals surface area contributed by atoms with E-state index in [4.69, 9.17) is 5.11 Å². The third-order valence-corrected chi connectivity index (χ3v) is 3.36. The number of nitrogens with zero attached hydrogens (tertiary/aromatic N) is 1. The summed E-state index contributed by atoms with van der Waals surface area (Å²) in [5.41, 5.74) is 1.32. The third-order valence-electron chi connectivity index (χ3n) is 3.36. The standard InChI is InChI=1S/C15H23NO2/c1-4-12(3)10-16(5-2)11-13-8-6-7-9-14(13)15(17)18/h6-9,12H,4-5,10-11H2,1-3H3,(H,17,18). The molecule has 0 aliphatic carbocycles. The largest absolute Gasteiger partial charge is 0.478 e. The molecule has 0 saturated heterocycles. The first-order valence-electron chi connectivity index (χ1n) is 6.62. The Bertz CT molecular complexity index is 390. The zero-order valence-corrected chi connectivity index (χ0v) is 11.5. The first-order valence-corrected chi connectivity index (χ1v) is 6.62. The van der Waals surface area contributed by atoms with E-state index in [1.54, 1.807) is 12.1 Å². The van der Waals surface area contributed by atoms with E-state index in [2.05, 4.69) is 25.7 Å². The smallest absolute Gasteiger partial charge is 0.336 e. The fraction of sp³-hybridized carbons (Fsp3) is 0.533. The van der Waals surface area contributed by atoms with Crippen molar-refractivity contribution in [3.63, 3.8) is 0 Å². The summed E-state index contributed by atoms with van der Waals surface area (Å²) in [5.74, 6) is -0.202. The highest BCUT2D eigenvalue weighted by Gasteiger charge is 2.13. The second kappa shape index (κ2) is 7.17. The number of rotatable bonds is 7. The second-order valence-corrected chi connectivity index (χ2v) is 4.80. The van der Waals surface area contributed by atoms with Gasteiger partial charge < -0.3 is 5.11 Å². The van der Waals surface area contributed by atoms with Crippen LogP contribution in [0.25, 0.3) is 0 Å². The molecule has 1 atom stereocenters. The van der Waals surface area contributed by atoms with Crippen LogP contribution in [-0.4, -0.2) is 29.1 Å². The van der Waals surface area contributed by atoms with Gasteiger partial charge in [-0.1, -0.05) is 45.4 Å². The van der Waals surface area contributed by atoms with Gasteiger partial charge in [0.15, 0.2) is 0 Å². The van der Waals surface area contributed by atoms with Crippen molar-refractivity contribution in [1.29, 1.82) is 0 Å². The lowest BCUT2D eigenvalue weighted by Gasteiger charge is -2.24. The summed E-state index contributed by atoms with van der Waals surface area (Å²) in [6.45, 7) is 9.20. The molecule has 1 N–H and O–H groups in total. The van der Waals surface area contributed by atoms with Gasteiger partial charge in [-0.25, -0.2) is 4.79 Å². The van der Waals surface area contributed by atoms with Crippen molar-refractivity contribution in [2.24, 2.45) is 5.92 Å². The van der Waals surface area contributed by atoms with E-state index >= 15 is 0 Å². The van der Waals surface area contributed by atoms with Crippen LogP contribution in [0.1, 0.15) is 43.1 Å². The maximum Gasteiger partial charge on any atom is 0.336 e. The summed E-state index contributed by atoms with van der Waals surface area (Å²) < 4.78 is 0. The fourth-order valence-corrected chi connectivity index (χ4v) is 1.98. The summed E-state index contributed by atoms with van der Waals surface area (Å²) in [5, 5.41) is 9.16. The Morgan fingerprint density at radius 2 is 2.00 bits per heavy atom. The molecule has 0 amide bonds. The highest BCUT2D eigenvalue weighted by Crippen LogP contribution is 2.13. The van der Waals surface area contributed by atoms with Crippen LogP contribution in [0.2, 0.25) is 0 Å². The van der Waals surface area contributed by atoms with Crippen LogP contribution in [-0.2, 0) is 6.54 Å². The molecule has 0 aliphatic heterocycles. The summed E-state index contributed by atoms with van der Waals surface area (Å²) in [4.78, 5) is 13.5. The van der Waals surface area contributed by atoms with E-state index in [0.29, 0.717) is 18.0 Å². The van der Waals surface area contributed by atoms with Gasteiger partial charge in [-0.05, 0) is 24.1 Å². The maximum absolute atomic E-state index is 11.2. The lowest BCUT2D eigenvalue weighted by Crippen LogP contribution is -2.28. The van der Waals surface area contributed by atoms with Crippen molar-refractivity contribution in [2.45, 2.75) is 33.7 Å². The van der Waals surface area contributed by atoms with Crippen LogP contribution in [0.15, 0.2) is 24.3 Å². The van der Waals surface area contributed by atoms with Crippen LogP contribution < -0.4 is 0 Å². The maximum atomic E-state index is 11.2. The minimum absolute atomic E-state index is 0.417. The number of benzene rings is 1. The van der Waals surface area contributed by atoms with Crippen molar-refractivity contribution in [1.82, 2.24) is 4.90 Å². The Kier molecular flexibility index (Phi) is 5.86. The monoisotopic (exact) mass is 249 g/mol. The van der Waals surface area contributed by atoms with Gasteiger partial charge in [-0.3, -0.25) is 4.90 Å². The van der Waals surface area contributed by atoms with Gasteiger partial charge in [0.1, 0.15) is 0 Å². The van der Waals surface area contributed by atoms with Crippen LogP contribution >= 0.6 is 0 Å². The van der Waals surface area contributed by atoms with Gasteiger partial charge in [0.25, 0.3) is 0 Å². The van der Waals surface area contributed by atoms with Gasteiger partial charge in [-0.15, -0.1) is 0 Å². The van der Waals surface area contributed by atoms with Crippen molar-refractivity contribution >= 4 is 5.97 Å². The molecule has 1 rings (SSSR count). The molecule has 1 unspecified atom stereocenters. The number of carboxylic acid groups (broad SMARTS) is 1. The van der Waals surface area contributed by atoms with E-state index in [9.17, 15) is 4.79 Å². The normalized spacial score (nSPS) is 12.7. The van der Waals surface area contributed by atoms with E-state index in [-0.39, 0.29) is 0 Å². The quantitative estimate of drug-likeness (QED) is 0.806. The molecular weight excluding hydrogens is 226 g/mol. The van der Waals surface area contributed by atoms with Gasteiger partial charge in [0.05, 0.1) is 5.56 Å². The molecular formula is C15H23NO2. The molecule has 0 aromatic heterocycles. The second-order valence-electron chi connectivity index (χ2n) is 4.80. The summed E-state index contributed by atoms with van der Waals surface area (Å²) >= 11 is 0. The Labute approximate surface area is 109 Å². The summed E-state index contributed by atoms with van der Waals surface area (Å²) in [7, 11) is 0. The molecule has 100 valence electrons. The third kappa shape index (κ3) is 4.15. The zero-order chi connectivity index (χ0) is 13.5. The Morgan fingerprint density at radius 1 is 1.33 bits per heavy atom. The SMILES string of the molecule is CCC(C)CN(CC)Cc1ccccc1C(=O)O. The van der Waals surface area contributed by atoms with Crippen molar-refractivity contribution < 1.29 is 9.90 Å². The Hall–Kier alpha value is -1.35. The lowest BCUT2D eigenvalue weighted by molar-refractivity contribution is 0.0694. The predicted molar refractivity (Wildman–Crippen MR) is 73.8 cm³/mol.